The molecule has 0 radical (unpaired) electrons. The molecule has 2 saturated heterocycles. The monoisotopic (exact) mass is 1010 g/mol. The molecule has 2 aliphatic heterocycles. The first-order chi connectivity index (χ1) is 36.0. The van der Waals surface area contributed by atoms with Crippen LogP contribution in [-0.4, -0.2) is 121 Å². The predicted molar refractivity (Wildman–Crippen MR) is 262 cm³/mol. The number of benzene rings is 6. The number of hydrogen-bond acceptors (Lipinski definition) is 16. The van der Waals surface area contributed by atoms with Gasteiger partial charge in [-0.1, -0.05) is 133 Å². The summed E-state index contributed by atoms with van der Waals surface area (Å²) < 4.78 is 55.3. The smallest absolute Gasteiger partial charge is 0.410 e. The van der Waals surface area contributed by atoms with E-state index in [4.69, 9.17) is 42.6 Å². The van der Waals surface area contributed by atoms with E-state index in [0.29, 0.717) is 5.56 Å². The van der Waals surface area contributed by atoms with Gasteiger partial charge < -0.3 is 47.7 Å². The molecule has 0 aliphatic carbocycles. The van der Waals surface area contributed by atoms with Crippen LogP contribution >= 0.6 is 0 Å². The number of amides is 1. The third-order valence-corrected chi connectivity index (χ3v) is 12.1. The maximum Gasteiger partial charge on any atom is 0.410 e. The molecule has 17 heteroatoms. The van der Waals surface area contributed by atoms with Gasteiger partial charge in [0.1, 0.15) is 37.6 Å². The zero-order valence-corrected chi connectivity index (χ0v) is 40.1. The van der Waals surface area contributed by atoms with Gasteiger partial charge in [-0.15, -0.1) is 0 Å². The Bertz CT molecular complexity index is 2790. The first kappa shape index (κ1) is 52.1. The lowest BCUT2D eigenvalue weighted by Gasteiger charge is -2.49. The Hall–Kier alpha value is -8.22. The molecule has 0 spiro atoms. The SMILES string of the molecule is CC(=O)O[C@H]1CN(C(=O)OCc2ccccc2)[C@H](COCc2ccccc2)[C@@H](O)[C@@H]1O[C@@H]1O[C@H](COC(=O)c2ccccc2)[C@H](OC(=O)c2ccccc2)[C@H](OC(=O)c2ccccc2)[C@H]1OC(=O)c1ccccc1. The minimum atomic E-state index is -1.91. The number of ether oxygens (including phenoxy) is 9. The van der Waals surface area contributed by atoms with Crippen LogP contribution in [0.1, 0.15) is 59.5 Å². The molecule has 0 bridgehead atoms. The average molecular weight is 1010 g/mol. The lowest BCUT2D eigenvalue weighted by molar-refractivity contribution is -0.327. The molecule has 17 nitrogen and oxygen atoms in total. The number of hydrogen-bond donors (Lipinski definition) is 1. The van der Waals surface area contributed by atoms with Gasteiger partial charge >= 0.3 is 35.9 Å². The van der Waals surface area contributed by atoms with Crippen LogP contribution in [0.3, 0.4) is 0 Å². The zero-order chi connectivity index (χ0) is 51.8. The highest BCUT2D eigenvalue weighted by molar-refractivity contribution is 5.91. The summed E-state index contributed by atoms with van der Waals surface area (Å²) in [6, 6.07) is 48.3. The summed E-state index contributed by atoms with van der Waals surface area (Å²) in [6.45, 7) is -0.330. The third kappa shape index (κ3) is 13.6. The van der Waals surface area contributed by atoms with Gasteiger partial charge in [-0.2, -0.15) is 0 Å². The van der Waals surface area contributed by atoms with Crippen LogP contribution in [0.4, 0.5) is 4.79 Å². The van der Waals surface area contributed by atoms with E-state index in [1.54, 1.807) is 97.1 Å². The van der Waals surface area contributed by atoms with Crippen molar-refractivity contribution < 1.29 is 76.5 Å². The molecular formula is C57H53NO16. The molecule has 1 N–H and O–H groups in total. The van der Waals surface area contributed by atoms with Crippen molar-refractivity contribution in [3.8, 4) is 0 Å². The summed E-state index contributed by atoms with van der Waals surface area (Å²) in [5, 5.41) is 12.6. The molecule has 6 aromatic carbocycles. The van der Waals surface area contributed by atoms with E-state index < -0.39 is 104 Å². The van der Waals surface area contributed by atoms with Gasteiger partial charge in [0.25, 0.3) is 0 Å². The van der Waals surface area contributed by atoms with Crippen molar-refractivity contribution in [2.45, 2.75) is 75.2 Å². The normalized spacial score (nSPS) is 22.3. The van der Waals surface area contributed by atoms with Gasteiger partial charge in [0.2, 0.25) is 0 Å². The molecule has 0 unspecified atom stereocenters. The molecule has 382 valence electrons. The average Bonchev–Trinajstić information content (AvgIpc) is 3.43. The second-order valence-electron chi connectivity index (χ2n) is 17.2. The van der Waals surface area contributed by atoms with Gasteiger partial charge in [-0.3, -0.25) is 9.69 Å². The Balaban J connectivity index is 1.20. The lowest BCUT2D eigenvalue weighted by atomic mass is 9.93. The molecule has 0 aromatic heterocycles. The van der Waals surface area contributed by atoms with Gasteiger partial charge in [-0.05, 0) is 59.7 Å². The minimum Gasteiger partial charge on any atom is -0.459 e. The first-order valence-electron chi connectivity index (χ1n) is 23.8. The molecule has 1 amide bonds. The van der Waals surface area contributed by atoms with E-state index in [2.05, 4.69) is 0 Å². The number of piperidine rings is 1. The van der Waals surface area contributed by atoms with Crippen LogP contribution in [0, 0.1) is 0 Å². The summed E-state index contributed by atoms with van der Waals surface area (Å²) in [5.74, 6) is -4.45. The van der Waals surface area contributed by atoms with Crippen molar-refractivity contribution in [3.05, 3.63) is 215 Å². The lowest BCUT2D eigenvalue weighted by Crippen LogP contribution is -2.68. The first-order valence-corrected chi connectivity index (χ1v) is 23.8. The molecule has 74 heavy (non-hydrogen) atoms. The van der Waals surface area contributed by atoms with Crippen molar-refractivity contribution in [1.82, 2.24) is 4.90 Å². The number of esters is 5. The van der Waals surface area contributed by atoms with Crippen molar-refractivity contribution in [1.29, 1.82) is 0 Å². The highest BCUT2D eigenvalue weighted by atomic mass is 16.7. The number of carbonyl (C=O) groups is 6. The largest absolute Gasteiger partial charge is 0.459 e. The number of carbonyl (C=O) groups excluding carboxylic acids is 6. The third-order valence-electron chi connectivity index (χ3n) is 12.1. The Morgan fingerprint density at radius 3 is 1.42 bits per heavy atom. The van der Waals surface area contributed by atoms with E-state index in [9.17, 15) is 33.9 Å². The van der Waals surface area contributed by atoms with Crippen LogP contribution in [-0.2, 0) is 60.6 Å². The molecule has 8 rings (SSSR count). The van der Waals surface area contributed by atoms with E-state index in [0.717, 1.165) is 12.5 Å². The van der Waals surface area contributed by atoms with E-state index in [1.165, 1.54) is 53.4 Å². The molecule has 2 heterocycles. The van der Waals surface area contributed by atoms with Crippen molar-refractivity contribution >= 4 is 35.9 Å². The van der Waals surface area contributed by atoms with Crippen LogP contribution < -0.4 is 0 Å². The number of likely N-dealkylation sites (tertiary alicyclic amines) is 1. The van der Waals surface area contributed by atoms with Crippen LogP contribution in [0.25, 0.3) is 0 Å². The highest BCUT2D eigenvalue weighted by Gasteiger charge is 2.57. The van der Waals surface area contributed by atoms with Crippen LogP contribution in [0.5, 0.6) is 0 Å². The van der Waals surface area contributed by atoms with Crippen LogP contribution in [0.2, 0.25) is 0 Å². The van der Waals surface area contributed by atoms with Gasteiger partial charge in [0.05, 0.1) is 48.1 Å². The molecule has 6 aromatic rings. The maximum atomic E-state index is 14.3. The number of rotatable bonds is 18. The summed E-state index contributed by atoms with van der Waals surface area (Å²) in [6.07, 6.45) is -14.6. The Kier molecular flexibility index (Phi) is 17.9. The molecule has 2 aliphatic rings. The van der Waals surface area contributed by atoms with Gasteiger partial charge in [0.15, 0.2) is 24.6 Å². The fourth-order valence-electron chi connectivity index (χ4n) is 8.41. The summed E-state index contributed by atoms with van der Waals surface area (Å²) in [4.78, 5) is 84.4. The number of aliphatic hydroxyl groups excluding tert-OH is 1. The standard InChI is InChI=1S/C57H53NO16/c1-37(59)69-45-32-58(57(65)68-34-39-22-10-3-11-23-39)44(35-66-33-38-20-8-2-9-21-38)47(60)48(45)74-56-51(73-55(64)43-30-18-7-19-31-43)50(72-54(63)42-28-16-6-17-29-42)49(71-53(62)41-26-14-5-15-27-41)46(70-56)36-67-52(61)40-24-12-4-13-25-40/h2-31,44-51,56,60H,32-36H2,1H3/t44-,45+,46-,47-,48-,49+,50+,51-,56+/m1/s1. The van der Waals surface area contributed by atoms with Gasteiger partial charge in [-0.25, -0.2) is 24.0 Å². The second-order valence-corrected chi connectivity index (χ2v) is 17.2. The zero-order valence-electron chi connectivity index (χ0n) is 40.1. The van der Waals surface area contributed by atoms with Crippen molar-refractivity contribution in [3.63, 3.8) is 0 Å². The van der Waals surface area contributed by atoms with Crippen molar-refractivity contribution in [2.24, 2.45) is 0 Å². The quantitative estimate of drug-likeness (QED) is 0.0669. The minimum absolute atomic E-state index is 0.0481. The van der Waals surface area contributed by atoms with E-state index in [1.807, 2.05) is 36.4 Å². The number of nitrogens with zero attached hydrogens (tertiary/aromatic N) is 1. The molecule has 9 atom stereocenters. The molecular weight excluding hydrogens is 955 g/mol. The fourth-order valence-corrected chi connectivity index (χ4v) is 8.41. The van der Waals surface area contributed by atoms with E-state index >= 15 is 0 Å². The maximum absolute atomic E-state index is 14.3. The summed E-state index contributed by atoms with van der Waals surface area (Å²) >= 11 is 0. The number of aliphatic hydroxyl groups is 1. The topological polar surface area (TPSA) is 209 Å². The Morgan fingerprint density at radius 1 is 0.500 bits per heavy atom. The fraction of sp³-hybridized carbons (Fsp3) is 0.263. The predicted octanol–water partition coefficient (Wildman–Crippen LogP) is 7.16. The summed E-state index contributed by atoms with van der Waals surface area (Å²) in [7, 11) is 0. The summed E-state index contributed by atoms with van der Waals surface area (Å²) in [5.41, 5.74) is 1.82. The van der Waals surface area contributed by atoms with Gasteiger partial charge in [0, 0.05) is 6.92 Å². The molecule has 2 fully saturated rings. The molecule has 0 saturated carbocycles. The second kappa shape index (κ2) is 25.4. The Labute approximate surface area is 426 Å². The van der Waals surface area contributed by atoms with Crippen LogP contribution in [0.15, 0.2) is 182 Å². The van der Waals surface area contributed by atoms with E-state index in [-0.39, 0.29) is 42.1 Å². The highest BCUT2D eigenvalue weighted by Crippen LogP contribution is 2.35. The van der Waals surface area contributed by atoms with Crippen molar-refractivity contribution in [2.75, 3.05) is 19.8 Å². The Morgan fingerprint density at radius 2 is 0.932 bits per heavy atom.